The summed E-state index contributed by atoms with van der Waals surface area (Å²) in [6, 6.07) is 3.58. The highest BCUT2D eigenvalue weighted by atomic mass is 16.5. The van der Waals surface area contributed by atoms with Crippen LogP contribution in [0.1, 0.15) is 11.5 Å². The number of hydrogen-bond acceptors (Lipinski definition) is 6. The second kappa shape index (κ2) is 4.61. The Kier molecular flexibility index (Phi) is 3.00. The lowest BCUT2D eigenvalue weighted by atomic mass is 10.4. The van der Waals surface area contributed by atoms with Crippen molar-refractivity contribution < 1.29 is 9.26 Å². The quantitative estimate of drug-likeness (QED) is 0.839. The van der Waals surface area contributed by atoms with Gasteiger partial charge in [-0.05, 0) is 6.92 Å². The molecule has 16 heavy (non-hydrogen) atoms. The number of aromatic nitrogens is 3. The molecule has 6 nitrogen and oxygen atoms in total. The molecule has 0 aliphatic carbocycles. The molecule has 0 atom stereocenters. The van der Waals surface area contributed by atoms with Gasteiger partial charge in [0.15, 0.2) is 0 Å². The van der Waals surface area contributed by atoms with Gasteiger partial charge in [-0.25, -0.2) is 9.97 Å². The van der Waals surface area contributed by atoms with Gasteiger partial charge in [-0.1, -0.05) is 5.16 Å². The first kappa shape index (κ1) is 10.4. The van der Waals surface area contributed by atoms with Crippen molar-refractivity contribution in [3.63, 3.8) is 0 Å². The maximum absolute atomic E-state index is 4.99. The molecule has 0 aliphatic heterocycles. The van der Waals surface area contributed by atoms with Gasteiger partial charge in [-0.15, -0.1) is 0 Å². The molecule has 0 unspecified atom stereocenters. The van der Waals surface area contributed by atoms with Crippen LogP contribution in [0.25, 0.3) is 0 Å². The molecular weight excluding hydrogens is 208 g/mol. The van der Waals surface area contributed by atoms with E-state index in [0.29, 0.717) is 18.2 Å². The minimum absolute atomic E-state index is 0.522. The summed E-state index contributed by atoms with van der Waals surface area (Å²) in [5.41, 5.74) is 0.829. The van der Waals surface area contributed by atoms with Crippen LogP contribution < -0.4 is 10.1 Å². The summed E-state index contributed by atoms with van der Waals surface area (Å²) in [7, 11) is 1.56. The second-order valence-electron chi connectivity index (χ2n) is 3.23. The number of methoxy groups -OCH3 is 1. The van der Waals surface area contributed by atoms with E-state index in [1.807, 2.05) is 13.0 Å². The third-order valence-electron chi connectivity index (χ3n) is 1.98. The lowest BCUT2D eigenvalue weighted by Crippen LogP contribution is -2.02. The molecule has 6 heteroatoms. The van der Waals surface area contributed by atoms with E-state index in [9.17, 15) is 0 Å². The fraction of sp³-hybridized carbons (Fsp3) is 0.300. The van der Waals surface area contributed by atoms with Crippen molar-refractivity contribution in [2.45, 2.75) is 13.5 Å². The van der Waals surface area contributed by atoms with E-state index in [1.165, 1.54) is 6.33 Å². The first-order valence-electron chi connectivity index (χ1n) is 4.80. The van der Waals surface area contributed by atoms with E-state index >= 15 is 0 Å². The molecule has 0 aliphatic rings. The van der Waals surface area contributed by atoms with E-state index < -0.39 is 0 Å². The SMILES string of the molecule is COc1cc(NCc2cc(C)on2)ncn1. The van der Waals surface area contributed by atoms with Gasteiger partial charge in [0, 0.05) is 12.1 Å². The molecule has 2 aromatic heterocycles. The molecule has 2 aromatic rings. The van der Waals surface area contributed by atoms with Crippen LogP contribution in [0.15, 0.2) is 23.0 Å². The van der Waals surface area contributed by atoms with Crippen molar-refractivity contribution in [1.29, 1.82) is 0 Å². The normalized spacial score (nSPS) is 10.1. The lowest BCUT2D eigenvalue weighted by Gasteiger charge is -2.03. The van der Waals surface area contributed by atoms with Crippen LogP contribution in [0.4, 0.5) is 5.82 Å². The maximum atomic E-state index is 4.99. The predicted octanol–water partition coefficient (Wildman–Crippen LogP) is 1.39. The van der Waals surface area contributed by atoms with E-state index in [0.717, 1.165) is 11.5 Å². The molecule has 84 valence electrons. The van der Waals surface area contributed by atoms with Gasteiger partial charge in [0.1, 0.15) is 23.6 Å². The van der Waals surface area contributed by atoms with Crippen molar-refractivity contribution in [2.24, 2.45) is 0 Å². The van der Waals surface area contributed by atoms with Crippen LogP contribution in [0.3, 0.4) is 0 Å². The topological polar surface area (TPSA) is 73.1 Å². The molecule has 0 saturated heterocycles. The van der Waals surface area contributed by atoms with Crippen LogP contribution >= 0.6 is 0 Å². The van der Waals surface area contributed by atoms with E-state index in [2.05, 4.69) is 20.4 Å². The summed E-state index contributed by atoms with van der Waals surface area (Å²) in [5.74, 6) is 2.00. The lowest BCUT2D eigenvalue weighted by molar-refractivity contribution is 0.391. The van der Waals surface area contributed by atoms with Crippen LogP contribution in [0.2, 0.25) is 0 Å². The van der Waals surface area contributed by atoms with Crippen molar-refractivity contribution in [3.8, 4) is 5.88 Å². The van der Waals surface area contributed by atoms with Crippen LogP contribution in [-0.4, -0.2) is 22.2 Å². The minimum atomic E-state index is 0.522. The molecule has 0 aromatic carbocycles. The Morgan fingerprint density at radius 2 is 2.25 bits per heavy atom. The van der Waals surface area contributed by atoms with Gasteiger partial charge in [-0.2, -0.15) is 0 Å². The molecule has 0 radical (unpaired) electrons. The Labute approximate surface area is 92.7 Å². The average Bonchev–Trinajstić information content (AvgIpc) is 2.73. The van der Waals surface area contributed by atoms with Crippen molar-refractivity contribution >= 4 is 5.82 Å². The Morgan fingerprint density at radius 3 is 2.94 bits per heavy atom. The Bertz CT molecular complexity index is 469. The minimum Gasteiger partial charge on any atom is -0.481 e. The zero-order chi connectivity index (χ0) is 11.4. The summed E-state index contributed by atoms with van der Waals surface area (Å²) in [6.45, 7) is 2.40. The first-order chi connectivity index (χ1) is 7.78. The van der Waals surface area contributed by atoms with E-state index in [4.69, 9.17) is 9.26 Å². The molecule has 0 saturated carbocycles. The molecule has 0 amide bonds. The Morgan fingerprint density at radius 1 is 1.38 bits per heavy atom. The third kappa shape index (κ3) is 2.47. The molecule has 0 fully saturated rings. The third-order valence-corrected chi connectivity index (χ3v) is 1.98. The number of hydrogen-bond donors (Lipinski definition) is 1. The van der Waals surface area contributed by atoms with Crippen molar-refractivity contribution in [2.75, 3.05) is 12.4 Å². The number of nitrogens with zero attached hydrogens (tertiary/aromatic N) is 3. The van der Waals surface area contributed by atoms with Gasteiger partial charge in [-0.3, -0.25) is 0 Å². The largest absolute Gasteiger partial charge is 0.481 e. The molecular formula is C10H12N4O2. The van der Waals surface area contributed by atoms with Gasteiger partial charge < -0.3 is 14.6 Å². The number of nitrogens with one attached hydrogen (secondary N) is 1. The summed E-state index contributed by atoms with van der Waals surface area (Å²) in [4.78, 5) is 7.96. The van der Waals surface area contributed by atoms with E-state index in [-0.39, 0.29) is 0 Å². The van der Waals surface area contributed by atoms with Gasteiger partial charge in [0.05, 0.1) is 13.7 Å². The number of rotatable bonds is 4. The van der Waals surface area contributed by atoms with Gasteiger partial charge >= 0.3 is 0 Å². The molecule has 2 rings (SSSR count). The summed E-state index contributed by atoms with van der Waals surface area (Å²) in [5, 5.41) is 6.96. The summed E-state index contributed by atoms with van der Waals surface area (Å²) >= 11 is 0. The monoisotopic (exact) mass is 220 g/mol. The number of ether oxygens (including phenoxy) is 1. The van der Waals surface area contributed by atoms with Crippen molar-refractivity contribution in [1.82, 2.24) is 15.1 Å². The molecule has 2 heterocycles. The zero-order valence-corrected chi connectivity index (χ0v) is 9.10. The number of anilines is 1. The fourth-order valence-electron chi connectivity index (χ4n) is 1.23. The standard InChI is InChI=1S/C10H12N4O2/c1-7-3-8(14-16-7)5-11-9-4-10(15-2)13-6-12-9/h3-4,6H,5H2,1-2H3,(H,11,12,13). The average molecular weight is 220 g/mol. The predicted molar refractivity (Wildman–Crippen MR) is 57.2 cm³/mol. The summed E-state index contributed by atoms with van der Waals surface area (Å²) in [6.07, 6.45) is 1.44. The van der Waals surface area contributed by atoms with Gasteiger partial charge in [0.25, 0.3) is 0 Å². The maximum Gasteiger partial charge on any atom is 0.218 e. The smallest absolute Gasteiger partial charge is 0.218 e. The second-order valence-corrected chi connectivity index (χ2v) is 3.23. The molecule has 0 spiro atoms. The van der Waals surface area contributed by atoms with Crippen LogP contribution in [0, 0.1) is 6.92 Å². The Balaban J connectivity index is 1.99. The highest BCUT2D eigenvalue weighted by Gasteiger charge is 2.01. The number of aryl methyl sites for hydroxylation is 1. The van der Waals surface area contributed by atoms with Crippen LogP contribution in [0.5, 0.6) is 5.88 Å². The van der Waals surface area contributed by atoms with E-state index in [1.54, 1.807) is 13.2 Å². The molecule has 0 bridgehead atoms. The Hall–Kier alpha value is -2.11. The first-order valence-corrected chi connectivity index (χ1v) is 4.80. The molecule has 1 N–H and O–H groups in total. The fourth-order valence-corrected chi connectivity index (χ4v) is 1.23. The highest BCUT2D eigenvalue weighted by molar-refractivity contribution is 5.37. The van der Waals surface area contributed by atoms with Crippen LogP contribution in [-0.2, 0) is 6.54 Å². The highest BCUT2D eigenvalue weighted by Crippen LogP contribution is 2.11. The zero-order valence-electron chi connectivity index (χ0n) is 9.10. The summed E-state index contributed by atoms with van der Waals surface area (Å²) < 4.78 is 9.94. The van der Waals surface area contributed by atoms with Gasteiger partial charge in [0.2, 0.25) is 5.88 Å². The van der Waals surface area contributed by atoms with Crippen molar-refractivity contribution in [3.05, 3.63) is 29.9 Å².